The van der Waals surface area contributed by atoms with Crippen LogP contribution in [-0.4, -0.2) is 70.3 Å². The van der Waals surface area contributed by atoms with Crippen LogP contribution in [0.15, 0.2) is 0 Å². The minimum Gasteiger partial charge on any atom is -0.480 e. The Morgan fingerprint density at radius 1 is 1.04 bits per heavy atom. The molecule has 0 aliphatic rings. The number of nitrogens with one attached hydrogen (secondary N) is 3. The molecule has 0 aliphatic carbocycles. The van der Waals surface area contributed by atoms with Crippen LogP contribution >= 0.6 is 12.6 Å². The standard InChI is InChI=1S/C16H28N4O7S/c1-8(2)13(15(25)18-6-12(22)23)20-14(24)10(7-28)19-11(21)5-3-4-9(17)16(26)27/h8-10,13,28H,3-7,17H2,1-2H3,(H,18,25)(H,19,21)(H,20,24)(H,22,23)(H,26,27)/t9-,10-,13+/m1/s1. The van der Waals surface area contributed by atoms with Crippen molar-refractivity contribution in [2.24, 2.45) is 11.7 Å². The zero-order valence-corrected chi connectivity index (χ0v) is 16.7. The highest BCUT2D eigenvalue weighted by Gasteiger charge is 2.28. The minimum absolute atomic E-state index is 0.0226. The molecule has 0 bridgehead atoms. The van der Waals surface area contributed by atoms with Crippen molar-refractivity contribution < 1.29 is 34.2 Å². The van der Waals surface area contributed by atoms with E-state index in [4.69, 9.17) is 15.9 Å². The Morgan fingerprint density at radius 2 is 1.64 bits per heavy atom. The topological polar surface area (TPSA) is 188 Å². The summed E-state index contributed by atoms with van der Waals surface area (Å²) >= 11 is 4.02. The summed E-state index contributed by atoms with van der Waals surface area (Å²) in [4.78, 5) is 57.6. The van der Waals surface area contributed by atoms with Crippen molar-refractivity contribution in [3.8, 4) is 0 Å². The van der Waals surface area contributed by atoms with E-state index in [1.54, 1.807) is 13.8 Å². The fraction of sp³-hybridized carbons (Fsp3) is 0.688. The Balaban J connectivity index is 4.69. The first-order valence-corrected chi connectivity index (χ1v) is 9.31. The van der Waals surface area contributed by atoms with Crippen LogP contribution < -0.4 is 21.7 Å². The zero-order chi connectivity index (χ0) is 21.9. The lowest BCUT2D eigenvalue weighted by Crippen LogP contribution is -2.56. The highest BCUT2D eigenvalue weighted by atomic mass is 32.1. The van der Waals surface area contributed by atoms with Gasteiger partial charge in [0.05, 0.1) is 0 Å². The van der Waals surface area contributed by atoms with Gasteiger partial charge in [0.15, 0.2) is 0 Å². The molecule has 0 unspecified atom stereocenters. The van der Waals surface area contributed by atoms with Crippen molar-refractivity contribution in [2.75, 3.05) is 12.3 Å². The summed E-state index contributed by atoms with van der Waals surface area (Å²) in [5.41, 5.74) is 5.35. The molecule has 3 atom stereocenters. The maximum absolute atomic E-state index is 12.4. The van der Waals surface area contributed by atoms with Gasteiger partial charge < -0.3 is 31.9 Å². The molecule has 0 aromatic rings. The molecule has 0 heterocycles. The summed E-state index contributed by atoms with van der Waals surface area (Å²) in [6, 6.07) is -3.06. The minimum atomic E-state index is -1.22. The molecule has 0 radical (unpaired) electrons. The van der Waals surface area contributed by atoms with E-state index in [2.05, 4.69) is 28.6 Å². The lowest BCUT2D eigenvalue weighted by Gasteiger charge is -2.24. The van der Waals surface area contributed by atoms with Gasteiger partial charge in [-0.05, 0) is 18.8 Å². The number of hydrogen-bond donors (Lipinski definition) is 7. The Kier molecular flexibility index (Phi) is 11.9. The third-order valence-electron chi connectivity index (χ3n) is 3.73. The van der Waals surface area contributed by atoms with Crippen molar-refractivity contribution in [2.45, 2.75) is 51.2 Å². The second kappa shape index (κ2) is 12.9. The Morgan fingerprint density at radius 3 is 2.11 bits per heavy atom. The predicted octanol–water partition coefficient (Wildman–Crippen LogP) is -1.68. The van der Waals surface area contributed by atoms with Crippen LogP contribution in [0, 0.1) is 5.92 Å². The fourth-order valence-corrected chi connectivity index (χ4v) is 2.39. The van der Waals surface area contributed by atoms with Crippen molar-refractivity contribution in [3.63, 3.8) is 0 Å². The van der Waals surface area contributed by atoms with Crippen LogP contribution in [0.1, 0.15) is 33.1 Å². The van der Waals surface area contributed by atoms with Gasteiger partial charge in [0, 0.05) is 12.2 Å². The number of thiol groups is 1. The number of carboxylic acid groups (broad SMARTS) is 2. The Hall–Kier alpha value is -2.34. The molecule has 0 spiro atoms. The second-order valence-corrected chi connectivity index (χ2v) is 6.85. The van der Waals surface area contributed by atoms with E-state index in [0.717, 1.165) is 0 Å². The molecule has 0 aromatic carbocycles. The van der Waals surface area contributed by atoms with E-state index in [0.29, 0.717) is 0 Å². The molecular weight excluding hydrogens is 392 g/mol. The highest BCUT2D eigenvalue weighted by Crippen LogP contribution is 2.04. The van der Waals surface area contributed by atoms with Gasteiger partial charge >= 0.3 is 11.9 Å². The van der Waals surface area contributed by atoms with Gasteiger partial charge in [0.2, 0.25) is 17.7 Å². The van der Waals surface area contributed by atoms with E-state index in [-0.39, 0.29) is 30.9 Å². The van der Waals surface area contributed by atoms with Gasteiger partial charge in [-0.25, -0.2) is 0 Å². The van der Waals surface area contributed by atoms with E-state index < -0.39 is 54.3 Å². The highest BCUT2D eigenvalue weighted by molar-refractivity contribution is 7.80. The maximum Gasteiger partial charge on any atom is 0.322 e. The van der Waals surface area contributed by atoms with Crippen LogP contribution in [0.3, 0.4) is 0 Å². The van der Waals surface area contributed by atoms with Crippen molar-refractivity contribution in [1.82, 2.24) is 16.0 Å². The predicted molar refractivity (Wildman–Crippen MR) is 103 cm³/mol. The number of carbonyl (C=O) groups excluding carboxylic acids is 3. The first-order valence-electron chi connectivity index (χ1n) is 8.68. The van der Waals surface area contributed by atoms with Crippen LogP contribution in [-0.2, 0) is 24.0 Å². The van der Waals surface area contributed by atoms with E-state index in [1.807, 2.05) is 0 Å². The lowest BCUT2D eigenvalue weighted by molar-refractivity contribution is -0.139. The molecule has 28 heavy (non-hydrogen) atoms. The summed E-state index contributed by atoms with van der Waals surface area (Å²) in [6.07, 6.45) is 0.317. The normalized spacial score (nSPS) is 13.9. The number of nitrogens with two attached hydrogens (primary N) is 1. The Bertz CT molecular complexity index is 585. The molecule has 0 aromatic heterocycles. The van der Waals surface area contributed by atoms with Crippen molar-refractivity contribution >= 4 is 42.3 Å². The third kappa shape index (κ3) is 10.1. The van der Waals surface area contributed by atoms with Crippen LogP contribution in [0.4, 0.5) is 0 Å². The molecule has 0 fully saturated rings. The van der Waals surface area contributed by atoms with Crippen LogP contribution in [0.25, 0.3) is 0 Å². The molecule has 11 nitrogen and oxygen atoms in total. The number of carboxylic acids is 2. The molecule has 12 heteroatoms. The molecule has 7 N–H and O–H groups in total. The third-order valence-corrected chi connectivity index (χ3v) is 4.10. The summed E-state index contributed by atoms with van der Waals surface area (Å²) in [5, 5.41) is 24.5. The van der Waals surface area contributed by atoms with Crippen molar-refractivity contribution in [3.05, 3.63) is 0 Å². The number of hydrogen-bond acceptors (Lipinski definition) is 7. The zero-order valence-electron chi connectivity index (χ0n) is 15.8. The lowest BCUT2D eigenvalue weighted by atomic mass is 10.0. The summed E-state index contributed by atoms with van der Waals surface area (Å²) in [6.45, 7) is 2.76. The van der Waals surface area contributed by atoms with Gasteiger partial charge in [-0.2, -0.15) is 12.6 Å². The van der Waals surface area contributed by atoms with E-state index in [9.17, 15) is 24.0 Å². The van der Waals surface area contributed by atoms with Gasteiger partial charge in [-0.1, -0.05) is 13.8 Å². The molecule has 0 aliphatic heterocycles. The second-order valence-electron chi connectivity index (χ2n) is 6.48. The molecule has 0 rings (SSSR count). The monoisotopic (exact) mass is 420 g/mol. The quantitative estimate of drug-likeness (QED) is 0.172. The van der Waals surface area contributed by atoms with E-state index in [1.165, 1.54) is 0 Å². The van der Waals surface area contributed by atoms with E-state index >= 15 is 0 Å². The molecule has 3 amide bonds. The fourth-order valence-electron chi connectivity index (χ4n) is 2.13. The average Bonchev–Trinajstić information content (AvgIpc) is 2.61. The van der Waals surface area contributed by atoms with Crippen LogP contribution in [0.2, 0.25) is 0 Å². The smallest absolute Gasteiger partial charge is 0.322 e. The first-order chi connectivity index (χ1) is 13.0. The first kappa shape index (κ1) is 25.7. The van der Waals surface area contributed by atoms with Crippen LogP contribution in [0.5, 0.6) is 0 Å². The number of rotatable bonds is 13. The SMILES string of the molecule is CC(C)[C@H](NC(=O)[C@@H](CS)NC(=O)CCC[C@@H](N)C(=O)O)C(=O)NCC(=O)O. The van der Waals surface area contributed by atoms with Gasteiger partial charge in [-0.15, -0.1) is 0 Å². The number of carbonyl (C=O) groups is 5. The van der Waals surface area contributed by atoms with Crippen molar-refractivity contribution in [1.29, 1.82) is 0 Å². The molecule has 160 valence electrons. The largest absolute Gasteiger partial charge is 0.480 e. The average molecular weight is 420 g/mol. The summed E-state index contributed by atoms with van der Waals surface area (Å²) < 4.78 is 0. The molecular formula is C16H28N4O7S. The number of amides is 3. The number of aliphatic carboxylic acids is 2. The molecule has 0 saturated heterocycles. The maximum atomic E-state index is 12.4. The summed E-state index contributed by atoms with van der Waals surface area (Å²) in [5.74, 6) is -4.52. The molecule has 0 saturated carbocycles. The van der Waals surface area contributed by atoms with Gasteiger partial charge in [0.1, 0.15) is 24.7 Å². The Labute approximate surface area is 168 Å². The summed E-state index contributed by atoms with van der Waals surface area (Å²) in [7, 11) is 0. The van der Waals surface area contributed by atoms with Gasteiger partial charge in [-0.3, -0.25) is 24.0 Å². The van der Waals surface area contributed by atoms with Gasteiger partial charge in [0.25, 0.3) is 0 Å².